The number of hydrogen-bond acceptors (Lipinski definition) is 5. The molecule has 0 saturated heterocycles. The Bertz CT molecular complexity index is 713. The third kappa shape index (κ3) is 3.14. The van der Waals surface area contributed by atoms with Crippen molar-refractivity contribution in [2.75, 3.05) is 5.73 Å². The summed E-state index contributed by atoms with van der Waals surface area (Å²) < 4.78 is 14.7. The zero-order valence-electron chi connectivity index (χ0n) is 11.0. The minimum absolute atomic E-state index is 0.0861. The van der Waals surface area contributed by atoms with Crippen molar-refractivity contribution in [2.45, 2.75) is 6.54 Å². The van der Waals surface area contributed by atoms with Crippen LogP contribution in [0.15, 0.2) is 24.4 Å². The summed E-state index contributed by atoms with van der Waals surface area (Å²) >= 11 is 0. The van der Waals surface area contributed by atoms with Gasteiger partial charge in [0.05, 0.1) is 17.2 Å². The summed E-state index contributed by atoms with van der Waals surface area (Å²) in [4.78, 5) is 21.8. The number of aromatic nitrogens is 2. The lowest BCUT2D eigenvalue weighted by Gasteiger charge is -2.05. The Labute approximate surface area is 118 Å². The zero-order valence-corrected chi connectivity index (χ0v) is 11.0. The van der Waals surface area contributed by atoms with Gasteiger partial charge in [-0.3, -0.25) is 19.6 Å². The molecule has 0 spiro atoms. The van der Waals surface area contributed by atoms with E-state index >= 15 is 0 Å². The molecule has 2 aromatic rings. The summed E-state index contributed by atoms with van der Waals surface area (Å²) in [7, 11) is 1.65. The van der Waals surface area contributed by atoms with Gasteiger partial charge in [-0.25, -0.2) is 4.39 Å². The molecule has 0 fully saturated rings. The van der Waals surface area contributed by atoms with Gasteiger partial charge in [-0.05, 0) is 6.07 Å². The second-order valence-electron chi connectivity index (χ2n) is 4.32. The summed E-state index contributed by atoms with van der Waals surface area (Å²) in [5.74, 6) is -1.10. The number of hydrogen-bond donors (Lipinski definition) is 2. The van der Waals surface area contributed by atoms with Gasteiger partial charge in [0, 0.05) is 30.8 Å². The quantitative estimate of drug-likeness (QED) is 0.644. The SMILES string of the molecule is Cn1ncc(CNC(=O)c2cc(F)cc([N+](=O)[O-])c2)c1N. The van der Waals surface area contributed by atoms with Crippen LogP contribution >= 0.6 is 0 Å². The van der Waals surface area contributed by atoms with Gasteiger partial charge in [-0.1, -0.05) is 0 Å². The van der Waals surface area contributed by atoms with Gasteiger partial charge in [0.25, 0.3) is 11.6 Å². The van der Waals surface area contributed by atoms with Crippen LogP contribution in [-0.2, 0) is 13.6 Å². The lowest BCUT2D eigenvalue weighted by Crippen LogP contribution is -2.23. The molecule has 21 heavy (non-hydrogen) atoms. The van der Waals surface area contributed by atoms with E-state index in [1.165, 1.54) is 10.9 Å². The van der Waals surface area contributed by atoms with E-state index in [1.54, 1.807) is 7.05 Å². The highest BCUT2D eigenvalue weighted by Gasteiger charge is 2.15. The van der Waals surface area contributed by atoms with Crippen molar-refractivity contribution < 1.29 is 14.1 Å². The average Bonchev–Trinajstić information content (AvgIpc) is 2.75. The molecule has 2 rings (SSSR count). The number of aryl methyl sites for hydroxylation is 1. The monoisotopic (exact) mass is 293 g/mol. The van der Waals surface area contributed by atoms with Gasteiger partial charge in [-0.2, -0.15) is 5.10 Å². The van der Waals surface area contributed by atoms with Gasteiger partial charge >= 0.3 is 0 Å². The van der Waals surface area contributed by atoms with Crippen LogP contribution in [0.5, 0.6) is 0 Å². The van der Waals surface area contributed by atoms with Crippen molar-refractivity contribution >= 4 is 17.4 Å². The Morgan fingerprint density at radius 1 is 1.52 bits per heavy atom. The molecule has 0 unspecified atom stereocenters. The number of halogens is 1. The smallest absolute Gasteiger partial charge is 0.273 e. The minimum Gasteiger partial charge on any atom is -0.384 e. The molecular formula is C12H12FN5O3. The van der Waals surface area contributed by atoms with Gasteiger partial charge in [-0.15, -0.1) is 0 Å². The molecule has 0 aliphatic heterocycles. The number of anilines is 1. The van der Waals surface area contributed by atoms with Crippen LogP contribution in [0.25, 0.3) is 0 Å². The molecule has 1 amide bonds. The van der Waals surface area contributed by atoms with E-state index < -0.39 is 22.3 Å². The lowest BCUT2D eigenvalue weighted by molar-refractivity contribution is -0.385. The Morgan fingerprint density at radius 3 is 2.81 bits per heavy atom. The van der Waals surface area contributed by atoms with Crippen LogP contribution in [0.4, 0.5) is 15.9 Å². The maximum Gasteiger partial charge on any atom is 0.273 e. The third-order valence-corrected chi connectivity index (χ3v) is 2.86. The molecule has 1 heterocycles. The molecule has 9 heteroatoms. The first kappa shape index (κ1) is 14.4. The number of nitrogen functional groups attached to an aromatic ring is 1. The predicted molar refractivity (Wildman–Crippen MR) is 71.8 cm³/mol. The first-order valence-electron chi connectivity index (χ1n) is 5.88. The molecule has 0 saturated carbocycles. The second kappa shape index (κ2) is 5.57. The van der Waals surface area contributed by atoms with Crippen LogP contribution in [0, 0.1) is 15.9 Å². The van der Waals surface area contributed by atoms with Crippen LogP contribution < -0.4 is 11.1 Å². The Balaban J connectivity index is 2.13. The van der Waals surface area contributed by atoms with E-state index in [-0.39, 0.29) is 12.1 Å². The number of benzene rings is 1. The van der Waals surface area contributed by atoms with Crippen molar-refractivity contribution in [1.29, 1.82) is 0 Å². The van der Waals surface area contributed by atoms with Crippen LogP contribution in [0.1, 0.15) is 15.9 Å². The molecule has 8 nitrogen and oxygen atoms in total. The zero-order chi connectivity index (χ0) is 15.6. The third-order valence-electron chi connectivity index (χ3n) is 2.86. The van der Waals surface area contributed by atoms with Crippen LogP contribution in [0.3, 0.4) is 0 Å². The average molecular weight is 293 g/mol. The molecule has 0 atom stereocenters. The van der Waals surface area contributed by atoms with E-state index in [4.69, 9.17) is 5.73 Å². The molecule has 1 aromatic heterocycles. The summed E-state index contributed by atoms with van der Waals surface area (Å²) in [6, 6.07) is 2.68. The fourth-order valence-electron chi connectivity index (χ4n) is 1.72. The van der Waals surface area contributed by atoms with Crippen molar-refractivity contribution in [3.63, 3.8) is 0 Å². The molecule has 1 aromatic carbocycles. The number of non-ortho nitro benzene ring substituents is 1. The Kier molecular flexibility index (Phi) is 3.83. The fraction of sp³-hybridized carbons (Fsp3) is 0.167. The summed E-state index contributed by atoms with van der Waals surface area (Å²) in [5.41, 5.74) is 5.69. The number of nitro benzene ring substituents is 1. The number of nitrogens with one attached hydrogen (secondary N) is 1. The first-order valence-corrected chi connectivity index (χ1v) is 5.88. The van der Waals surface area contributed by atoms with Crippen molar-refractivity contribution in [2.24, 2.45) is 7.05 Å². The first-order chi connectivity index (χ1) is 9.88. The highest BCUT2D eigenvalue weighted by atomic mass is 19.1. The van der Waals surface area contributed by atoms with Gasteiger partial charge in [0.15, 0.2) is 0 Å². The topological polar surface area (TPSA) is 116 Å². The molecule has 0 bridgehead atoms. The van der Waals surface area contributed by atoms with Gasteiger partial charge in [0.2, 0.25) is 0 Å². The van der Waals surface area contributed by atoms with E-state index in [1.807, 2.05) is 0 Å². The highest BCUT2D eigenvalue weighted by molar-refractivity contribution is 5.94. The number of carbonyl (C=O) groups is 1. The van der Waals surface area contributed by atoms with Crippen LogP contribution in [-0.4, -0.2) is 20.6 Å². The number of nitrogens with two attached hydrogens (primary N) is 1. The summed E-state index contributed by atoms with van der Waals surface area (Å²) in [6.45, 7) is 0.0861. The predicted octanol–water partition coefficient (Wildman–Crippen LogP) is 0.980. The largest absolute Gasteiger partial charge is 0.384 e. The van der Waals surface area contributed by atoms with E-state index in [9.17, 15) is 19.3 Å². The number of amides is 1. The van der Waals surface area contributed by atoms with Gasteiger partial charge in [0.1, 0.15) is 11.6 Å². The van der Waals surface area contributed by atoms with Crippen LogP contribution in [0.2, 0.25) is 0 Å². The number of nitro groups is 1. The van der Waals surface area contributed by atoms with Crippen molar-refractivity contribution in [1.82, 2.24) is 15.1 Å². The van der Waals surface area contributed by atoms with E-state index in [2.05, 4.69) is 10.4 Å². The minimum atomic E-state index is -0.852. The fourth-order valence-corrected chi connectivity index (χ4v) is 1.72. The summed E-state index contributed by atoms with van der Waals surface area (Å²) in [5, 5.41) is 17.0. The number of carbonyl (C=O) groups excluding carboxylic acids is 1. The van der Waals surface area contributed by atoms with Gasteiger partial charge < -0.3 is 11.1 Å². The normalized spacial score (nSPS) is 10.4. The second-order valence-corrected chi connectivity index (χ2v) is 4.32. The standard InChI is InChI=1S/C12H12FN5O3/c1-17-11(14)8(6-16-17)5-15-12(19)7-2-9(13)4-10(3-7)18(20)21/h2-4,6H,5,14H2,1H3,(H,15,19). The van der Waals surface area contributed by atoms with E-state index in [0.717, 1.165) is 18.2 Å². The lowest BCUT2D eigenvalue weighted by atomic mass is 10.2. The number of rotatable bonds is 4. The molecule has 110 valence electrons. The van der Waals surface area contributed by atoms with Crippen molar-refractivity contribution in [3.05, 3.63) is 51.5 Å². The molecule has 0 aliphatic carbocycles. The Hall–Kier alpha value is -2.97. The van der Waals surface area contributed by atoms with E-state index in [0.29, 0.717) is 11.4 Å². The number of nitrogens with zero attached hydrogens (tertiary/aromatic N) is 3. The molecule has 0 aliphatic rings. The molecular weight excluding hydrogens is 281 g/mol. The maximum absolute atomic E-state index is 13.3. The van der Waals surface area contributed by atoms with Crippen molar-refractivity contribution in [3.8, 4) is 0 Å². The summed E-state index contributed by atoms with van der Waals surface area (Å²) in [6.07, 6.45) is 1.49. The molecule has 0 radical (unpaired) electrons. The molecule has 3 N–H and O–H groups in total. The highest BCUT2D eigenvalue weighted by Crippen LogP contribution is 2.16. The Morgan fingerprint density at radius 2 is 2.24 bits per heavy atom. The maximum atomic E-state index is 13.3.